The quantitative estimate of drug-likeness (QED) is 0.582. The Bertz CT molecular complexity index is 432. The van der Waals surface area contributed by atoms with Crippen molar-refractivity contribution >= 4 is 0 Å². The summed E-state index contributed by atoms with van der Waals surface area (Å²) < 4.78 is 52.0. The first-order valence-electron chi connectivity index (χ1n) is 0.866. The molecule has 0 unspecified atom stereocenters. The molecule has 0 amide bonds. The molecule has 0 N–H and O–H groups in total. The predicted molar refractivity (Wildman–Crippen MR) is 4.12 cm³/mol. The molecule has 0 heterocycles. The molecule has 0 aliphatic rings. The second-order valence-electron chi connectivity index (χ2n) is 0.884. The van der Waals surface area contributed by atoms with Crippen molar-refractivity contribution in [3.05, 3.63) is 0 Å². The van der Waals surface area contributed by atoms with Crippen LogP contribution in [0.1, 0.15) is 0 Å². The molecule has 0 spiro atoms. The Labute approximate surface area is 34.4 Å². The summed E-state index contributed by atoms with van der Waals surface area (Å²) in [6, 6.07) is 0. The fourth-order valence-corrected chi connectivity index (χ4v) is 0. The molecule has 0 aromatic heterocycles. The summed E-state index contributed by atoms with van der Waals surface area (Å²) in [5.41, 5.74) is 0. The molecule has 0 saturated carbocycles. The van der Waals surface area contributed by atoms with E-state index in [1.165, 1.54) is 0 Å². The van der Waals surface area contributed by atoms with E-state index in [1.807, 2.05) is 0 Å². The molecular formula is O6Os. The first kappa shape index (κ1) is 6.44. The zero-order valence-electron chi connectivity index (χ0n) is 2.80. The third-order valence-corrected chi connectivity index (χ3v) is 0. The molecule has 6 nitrogen and oxygen atoms in total. The van der Waals surface area contributed by atoms with Gasteiger partial charge in [0.25, 0.3) is 0 Å². The minimum atomic E-state index is -9.71. The van der Waals surface area contributed by atoms with Gasteiger partial charge in [0.1, 0.15) is 0 Å². The Morgan fingerprint density at radius 3 is 0.571 bits per heavy atom. The van der Waals surface area contributed by atoms with Gasteiger partial charge < -0.3 is 0 Å². The summed E-state index contributed by atoms with van der Waals surface area (Å²) >= 11 is -9.71. The van der Waals surface area contributed by atoms with Gasteiger partial charge in [-0.2, -0.15) is 0 Å². The molecule has 0 aliphatic heterocycles. The van der Waals surface area contributed by atoms with Crippen LogP contribution >= 0.6 is 0 Å². The van der Waals surface area contributed by atoms with Crippen molar-refractivity contribution in [1.82, 2.24) is 0 Å². The van der Waals surface area contributed by atoms with Gasteiger partial charge in [-0.1, -0.05) is 0 Å². The van der Waals surface area contributed by atoms with Gasteiger partial charge in [-0.3, -0.25) is 0 Å². The third kappa shape index (κ3) is 202. The van der Waals surface area contributed by atoms with Gasteiger partial charge in [-0.05, 0) is 0 Å². The summed E-state index contributed by atoms with van der Waals surface area (Å²) in [7, 11) is 0. The second-order valence-corrected chi connectivity index (χ2v) is 7.23. The van der Waals surface area contributed by atoms with E-state index >= 15 is 0 Å². The van der Waals surface area contributed by atoms with Crippen molar-refractivity contribution in [1.29, 1.82) is 0 Å². The Kier molecular flexibility index (Phi) is 0.472. The average Bonchev–Trinajstić information content (AvgIpc) is 0.592. The molecule has 0 atom stereocenters. The summed E-state index contributed by atoms with van der Waals surface area (Å²) in [5, 5.41) is 0. The van der Waals surface area contributed by atoms with Crippen molar-refractivity contribution in [3.8, 4) is 0 Å². The van der Waals surface area contributed by atoms with Crippen molar-refractivity contribution in [2.24, 2.45) is 0 Å². The van der Waals surface area contributed by atoms with Crippen LogP contribution in [-0.4, -0.2) is 0 Å². The fourth-order valence-electron chi connectivity index (χ4n) is 0. The maximum absolute atomic E-state index is 9.71. The maximum atomic E-state index is 8.67. The van der Waals surface area contributed by atoms with Crippen LogP contribution in [0.3, 0.4) is 0 Å². The molecule has 0 aromatic rings. The molecular weight excluding hydrogens is 286 g/mol. The molecule has 0 rings (SSSR count). The molecule has 0 fully saturated rings. The van der Waals surface area contributed by atoms with Crippen molar-refractivity contribution in [3.63, 3.8) is 0 Å². The van der Waals surface area contributed by atoms with E-state index in [2.05, 4.69) is 0 Å². The average molecular weight is 286 g/mol. The Hall–Kier alpha value is -0.564. The molecule has 0 aliphatic carbocycles. The van der Waals surface area contributed by atoms with Crippen LogP contribution in [0.5, 0.6) is 0 Å². The van der Waals surface area contributed by atoms with Crippen molar-refractivity contribution < 1.29 is 33.6 Å². The van der Waals surface area contributed by atoms with Gasteiger partial charge in [0.15, 0.2) is 0 Å². The van der Waals surface area contributed by atoms with Gasteiger partial charge >= 0.3 is 33.6 Å². The number of hydrogen-bond donors (Lipinski definition) is 0. The van der Waals surface area contributed by atoms with Crippen LogP contribution in [-0.2, 0) is 33.6 Å². The first-order chi connectivity index (χ1) is 2.45. The third-order valence-electron chi connectivity index (χ3n) is 0. The minimum absolute atomic E-state index is 8.67. The van der Waals surface area contributed by atoms with E-state index < -0.39 is 12.4 Å². The zero-order chi connectivity index (χ0) is 6.41. The molecule has 7 heteroatoms. The molecule has 0 radical (unpaired) electrons. The van der Waals surface area contributed by atoms with Crippen LogP contribution in [0.15, 0.2) is 0 Å². The van der Waals surface area contributed by atoms with Gasteiger partial charge in [0.2, 0.25) is 0 Å². The van der Waals surface area contributed by atoms with E-state index in [-0.39, 0.29) is 0 Å². The second kappa shape index (κ2) is 0.513. The monoisotopic (exact) mass is 288 g/mol. The standard InChI is InChI=1S/6O.Os. The normalized spacial score (nSPS) is 17.1. The summed E-state index contributed by atoms with van der Waals surface area (Å²) in [4.78, 5) is 0. The predicted octanol–water partition coefficient (Wildman–Crippen LogP) is -0.715. The number of rotatable bonds is 0. The molecule has 44 valence electrons. The first-order valence-corrected chi connectivity index (χ1v) is 7.09. The topological polar surface area (TPSA) is 102 Å². The van der Waals surface area contributed by atoms with E-state index in [0.717, 1.165) is 0 Å². The van der Waals surface area contributed by atoms with Gasteiger partial charge in [0.05, 0.1) is 0 Å². The van der Waals surface area contributed by atoms with Crippen LogP contribution in [0, 0.1) is 0 Å². The molecule has 0 bridgehead atoms. The Morgan fingerprint density at radius 1 is 0.571 bits per heavy atom. The van der Waals surface area contributed by atoms with Crippen molar-refractivity contribution in [2.75, 3.05) is 0 Å². The van der Waals surface area contributed by atoms with Crippen molar-refractivity contribution in [2.45, 2.75) is 0 Å². The van der Waals surface area contributed by atoms with Gasteiger partial charge in [-0.15, -0.1) is 0 Å². The van der Waals surface area contributed by atoms with E-state index in [4.69, 9.17) is 21.2 Å². The van der Waals surface area contributed by atoms with Crippen LogP contribution in [0.2, 0.25) is 0 Å². The molecule has 7 heavy (non-hydrogen) atoms. The summed E-state index contributed by atoms with van der Waals surface area (Å²) in [5.74, 6) is 0. The van der Waals surface area contributed by atoms with Gasteiger partial charge in [-0.25, -0.2) is 0 Å². The molecule has 0 saturated heterocycles. The van der Waals surface area contributed by atoms with E-state index in [1.54, 1.807) is 0 Å². The Balaban J connectivity index is 8.86. The molecule has 0 aromatic carbocycles. The van der Waals surface area contributed by atoms with Crippen LogP contribution in [0.4, 0.5) is 0 Å². The fraction of sp³-hybridized carbons (Fsp3) is 0. The Morgan fingerprint density at radius 2 is 0.571 bits per heavy atom. The van der Waals surface area contributed by atoms with E-state index in [9.17, 15) is 0 Å². The van der Waals surface area contributed by atoms with Gasteiger partial charge in [0, 0.05) is 0 Å². The zero-order valence-corrected chi connectivity index (χ0v) is 5.34. The SMILES string of the molecule is [O]=[Os](=[O])(=[O])(=[O])(=[O])=[O]. The number of hydrogen-bond acceptors (Lipinski definition) is 6. The van der Waals surface area contributed by atoms with E-state index in [0.29, 0.717) is 0 Å². The van der Waals surface area contributed by atoms with Crippen LogP contribution in [0.25, 0.3) is 0 Å². The summed E-state index contributed by atoms with van der Waals surface area (Å²) in [6.07, 6.45) is 0. The summed E-state index contributed by atoms with van der Waals surface area (Å²) in [6.45, 7) is 0. The van der Waals surface area contributed by atoms with Crippen LogP contribution < -0.4 is 0 Å².